The van der Waals surface area contributed by atoms with Gasteiger partial charge < -0.3 is 15.1 Å². The SMILES string of the molecule is CCCCC(=O)N1CCN(c2nn3c(NC4CCCC4)c(-c4ccccc4)nc3s2)CC1. The number of unbranched alkanes of at least 4 members (excludes halogenated alkanes) is 1. The van der Waals surface area contributed by atoms with Crippen molar-refractivity contribution in [2.24, 2.45) is 0 Å². The first kappa shape index (κ1) is 21.2. The molecule has 1 saturated carbocycles. The third-order valence-corrected chi connectivity index (χ3v) is 7.55. The highest BCUT2D eigenvalue weighted by Crippen LogP contribution is 2.35. The highest BCUT2D eigenvalue weighted by atomic mass is 32.1. The Morgan fingerprint density at radius 2 is 1.88 bits per heavy atom. The summed E-state index contributed by atoms with van der Waals surface area (Å²) in [4.78, 5) is 22.6. The van der Waals surface area contributed by atoms with Gasteiger partial charge in [-0.1, -0.05) is 67.9 Å². The smallest absolute Gasteiger partial charge is 0.222 e. The second kappa shape index (κ2) is 9.48. The number of rotatable bonds is 7. The number of amides is 1. The molecular formula is C24H32N6OS. The Bertz CT molecular complexity index is 1050. The fourth-order valence-corrected chi connectivity index (χ4v) is 5.64. The van der Waals surface area contributed by atoms with Gasteiger partial charge in [0.25, 0.3) is 0 Å². The van der Waals surface area contributed by atoms with Gasteiger partial charge in [0.1, 0.15) is 5.69 Å². The molecule has 1 amide bonds. The van der Waals surface area contributed by atoms with Crippen molar-refractivity contribution >= 4 is 33.2 Å². The van der Waals surface area contributed by atoms with Crippen LogP contribution in [-0.4, -0.2) is 57.6 Å². The number of hydrogen-bond donors (Lipinski definition) is 1. The summed E-state index contributed by atoms with van der Waals surface area (Å²) in [7, 11) is 0. The van der Waals surface area contributed by atoms with E-state index in [0.29, 0.717) is 12.5 Å². The molecule has 2 aliphatic rings. The molecule has 1 aromatic carbocycles. The van der Waals surface area contributed by atoms with Crippen molar-refractivity contribution in [3.63, 3.8) is 0 Å². The minimum atomic E-state index is 0.288. The largest absolute Gasteiger partial charge is 0.365 e. The number of carbonyl (C=O) groups is 1. The van der Waals surface area contributed by atoms with Gasteiger partial charge in [-0.15, -0.1) is 5.10 Å². The lowest BCUT2D eigenvalue weighted by Gasteiger charge is -2.34. The first-order valence-corrected chi connectivity index (χ1v) is 12.8. The molecule has 2 fully saturated rings. The number of carbonyl (C=O) groups excluding carboxylic acids is 1. The second-order valence-corrected chi connectivity index (χ2v) is 9.79. The predicted molar refractivity (Wildman–Crippen MR) is 130 cm³/mol. The number of piperazine rings is 1. The molecule has 8 heteroatoms. The number of nitrogens with one attached hydrogen (secondary N) is 1. The molecule has 3 heterocycles. The Balaban J connectivity index is 1.37. The Labute approximate surface area is 193 Å². The van der Waals surface area contributed by atoms with Crippen LogP contribution in [0.25, 0.3) is 16.2 Å². The van der Waals surface area contributed by atoms with Crippen LogP contribution in [0.2, 0.25) is 0 Å². The van der Waals surface area contributed by atoms with Gasteiger partial charge in [-0.25, -0.2) is 4.98 Å². The molecule has 1 saturated heterocycles. The van der Waals surface area contributed by atoms with Crippen LogP contribution in [0.3, 0.4) is 0 Å². The summed E-state index contributed by atoms with van der Waals surface area (Å²) in [6, 6.07) is 10.9. The van der Waals surface area contributed by atoms with E-state index >= 15 is 0 Å². The summed E-state index contributed by atoms with van der Waals surface area (Å²) < 4.78 is 2.00. The third kappa shape index (κ3) is 4.33. The molecule has 7 nitrogen and oxygen atoms in total. The molecule has 170 valence electrons. The van der Waals surface area contributed by atoms with Crippen LogP contribution in [0.4, 0.5) is 10.9 Å². The predicted octanol–water partition coefficient (Wildman–Crippen LogP) is 4.65. The second-order valence-electron chi connectivity index (χ2n) is 8.85. The van der Waals surface area contributed by atoms with Crippen molar-refractivity contribution < 1.29 is 4.79 Å². The molecule has 0 spiro atoms. The van der Waals surface area contributed by atoms with Gasteiger partial charge >= 0.3 is 0 Å². The fraction of sp³-hybridized carbons (Fsp3) is 0.542. The quantitative estimate of drug-likeness (QED) is 0.565. The maximum Gasteiger partial charge on any atom is 0.222 e. The van der Waals surface area contributed by atoms with Gasteiger partial charge in [0.2, 0.25) is 16.0 Å². The Kier molecular flexibility index (Phi) is 6.30. The van der Waals surface area contributed by atoms with E-state index in [1.54, 1.807) is 11.3 Å². The molecule has 32 heavy (non-hydrogen) atoms. The number of anilines is 2. The Morgan fingerprint density at radius 3 is 2.59 bits per heavy atom. The molecule has 0 radical (unpaired) electrons. The maximum atomic E-state index is 12.4. The lowest BCUT2D eigenvalue weighted by molar-refractivity contribution is -0.131. The Hall–Kier alpha value is -2.61. The lowest BCUT2D eigenvalue weighted by atomic mass is 10.1. The number of nitrogens with zero attached hydrogens (tertiary/aromatic N) is 5. The van der Waals surface area contributed by atoms with Crippen LogP contribution in [0.15, 0.2) is 30.3 Å². The molecule has 3 aromatic rings. The molecule has 0 bridgehead atoms. The van der Waals surface area contributed by atoms with Crippen molar-refractivity contribution in [3.05, 3.63) is 30.3 Å². The Morgan fingerprint density at radius 1 is 1.12 bits per heavy atom. The van der Waals surface area contributed by atoms with E-state index in [4.69, 9.17) is 10.1 Å². The van der Waals surface area contributed by atoms with Gasteiger partial charge in [0, 0.05) is 44.2 Å². The van der Waals surface area contributed by atoms with Crippen molar-refractivity contribution in [1.29, 1.82) is 0 Å². The van der Waals surface area contributed by atoms with E-state index in [0.717, 1.165) is 66.2 Å². The van der Waals surface area contributed by atoms with Gasteiger partial charge in [0.05, 0.1) is 0 Å². The van der Waals surface area contributed by atoms with Crippen molar-refractivity contribution in [2.75, 3.05) is 36.4 Å². The molecule has 5 rings (SSSR count). The van der Waals surface area contributed by atoms with Crippen LogP contribution >= 0.6 is 11.3 Å². The van der Waals surface area contributed by atoms with Crippen LogP contribution in [0, 0.1) is 0 Å². The summed E-state index contributed by atoms with van der Waals surface area (Å²) in [5, 5.41) is 9.73. The van der Waals surface area contributed by atoms with Crippen molar-refractivity contribution in [3.8, 4) is 11.3 Å². The summed E-state index contributed by atoms with van der Waals surface area (Å²) in [6.45, 7) is 5.32. The maximum absolute atomic E-state index is 12.4. The van der Waals surface area contributed by atoms with Gasteiger partial charge in [-0.2, -0.15) is 4.52 Å². The van der Waals surface area contributed by atoms with E-state index in [-0.39, 0.29) is 5.91 Å². The molecule has 0 unspecified atom stereocenters. The van der Waals surface area contributed by atoms with Crippen molar-refractivity contribution in [2.45, 2.75) is 57.9 Å². The third-order valence-electron chi connectivity index (χ3n) is 6.58. The highest BCUT2D eigenvalue weighted by molar-refractivity contribution is 7.20. The summed E-state index contributed by atoms with van der Waals surface area (Å²) in [6.07, 6.45) is 7.67. The standard InChI is InChI=1S/C24H32N6OS/c1-2-3-13-20(31)28-14-16-29(17-15-28)24-27-30-22(25-19-11-7-8-12-19)21(26-23(30)32-24)18-9-5-4-6-10-18/h4-6,9-10,19,25H,2-3,7-8,11-17H2,1H3. The highest BCUT2D eigenvalue weighted by Gasteiger charge is 2.26. The zero-order valence-electron chi connectivity index (χ0n) is 18.8. The summed E-state index contributed by atoms with van der Waals surface area (Å²) in [5.74, 6) is 1.30. The average molecular weight is 453 g/mol. The average Bonchev–Trinajstić information content (AvgIpc) is 3.56. The van der Waals surface area contributed by atoms with Crippen LogP contribution < -0.4 is 10.2 Å². The van der Waals surface area contributed by atoms with Crippen LogP contribution in [0.5, 0.6) is 0 Å². The molecule has 1 aliphatic carbocycles. The first-order valence-electron chi connectivity index (χ1n) is 12.0. The van der Waals surface area contributed by atoms with Gasteiger partial charge in [-0.3, -0.25) is 4.79 Å². The zero-order valence-corrected chi connectivity index (χ0v) is 19.6. The van der Waals surface area contributed by atoms with Crippen LogP contribution in [-0.2, 0) is 4.79 Å². The minimum Gasteiger partial charge on any atom is -0.365 e. The topological polar surface area (TPSA) is 65.8 Å². The number of aromatic nitrogens is 3. The van der Waals surface area contributed by atoms with Gasteiger partial charge in [0.15, 0.2) is 5.82 Å². The molecule has 1 aliphatic heterocycles. The molecule has 2 aromatic heterocycles. The summed E-state index contributed by atoms with van der Waals surface area (Å²) >= 11 is 1.64. The molecule has 1 N–H and O–H groups in total. The first-order chi connectivity index (χ1) is 15.7. The van der Waals surface area contributed by atoms with E-state index < -0.39 is 0 Å². The number of imidazole rings is 1. The molecular weight excluding hydrogens is 420 g/mol. The minimum absolute atomic E-state index is 0.288. The number of hydrogen-bond acceptors (Lipinski definition) is 6. The normalized spacial score (nSPS) is 17.4. The summed E-state index contributed by atoms with van der Waals surface area (Å²) in [5.41, 5.74) is 2.10. The number of benzene rings is 1. The van der Waals surface area contributed by atoms with E-state index in [9.17, 15) is 4.79 Å². The fourth-order valence-electron chi connectivity index (χ4n) is 4.69. The van der Waals surface area contributed by atoms with E-state index in [2.05, 4.69) is 41.4 Å². The molecule has 0 atom stereocenters. The van der Waals surface area contributed by atoms with Gasteiger partial charge in [-0.05, 0) is 19.3 Å². The monoisotopic (exact) mass is 452 g/mol. The zero-order chi connectivity index (χ0) is 21.9. The van der Waals surface area contributed by atoms with E-state index in [1.807, 2.05) is 15.5 Å². The van der Waals surface area contributed by atoms with E-state index in [1.165, 1.54) is 25.7 Å². The van der Waals surface area contributed by atoms with Crippen LogP contribution in [0.1, 0.15) is 51.9 Å². The lowest BCUT2D eigenvalue weighted by Crippen LogP contribution is -2.48. The van der Waals surface area contributed by atoms with Crippen molar-refractivity contribution in [1.82, 2.24) is 19.5 Å². The number of fused-ring (bicyclic) bond motifs is 1.